The Bertz CT molecular complexity index is 685. The van der Waals surface area contributed by atoms with Gasteiger partial charge < -0.3 is 4.98 Å². The largest absolute Gasteiger partial charge is 0.346 e. The van der Waals surface area contributed by atoms with Crippen molar-refractivity contribution in [1.82, 2.24) is 19.9 Å². The van der Waals surface area contributed by atoms with Gasteiger partial charge in [0, 0.05) is 29.0 Å². The van der Waals surface area contributed by atoms with Crippen molar-refractivity contribution in [3.05, 3.63) is 42.1 Å². The zero-order chi connectivity index (χ0) is 11.8. The molecule has 0 bridgehead atoms. The molecule has 4 heteroatoms. The molecule has 0 aromatic carbocycles. The van der Waals surface area contributed by atoms with Crippen LogP contribution >= 0.6 is 0 Å². The number of aromatic nitrogens is 4. The highest BCUT2D eigenvalue weighted by atomic mass is 14.9. The Balaban J connectivity index is 2.32. The zero-order valence-corrected chi connectivity index (χ0v) is 9.73. The highest BCUT2D eigenvalue weighted by Crippen LogP contribution is 2.25. The molecule has 3 heterocycles. The predicted octanol–water partition coefficient (Wildman–Crippen LogP) is 2.64. The van der Waals surface area contributed by atoms with Crippen molar-refractivity contribution in [3.8, 4) is 11.3 Å². The third kappa shape index (κ3) is 1.67. The van der Waals surface area contributed by atoms with Gasteiger partial charge in [-0.15, -0.1) is 0 Å². The first-order valence-electron chi connectivity index (χ1n) is 5.49. The van der Waals surface area contributed by atoms with Crippen LogP contribution in [0.25, 0.3) is 22.3 Å². The molecule has 17 heavy (non-hydrogen) atoms. The molecule has 3 aromatic rings. The number of rotatable bonds is 1. The Morgan fingerprint density at radius 1 is 1.12 bits per heavy atom. The Labute approximate surface area is 98.8 Å². The second kappa shape index (κ2) is 3.66. The fourth-order valence-electron chi connectivity index (χ4n) is 1.97. The molecule has 3 aromatic heterocycles. The molecule has 0 saturated heterocycles. The average molecular weight is 224 g/mol. The molecule has 4 nitrogen and oxygen atoms in total. The lowest BCUT2D eigenvalue weighted by Gasteiger charge is -2.04. The lowest BCUT2D eigenvalue weighted by atomic mass is 10.1. The van der Waals surface area contributed by atoms with Crippen LogP contribution in [0.4, 0.5) is 0 Å². The molecule has 0 aliphatic carbocycles. The van der Waals surface area contributed by atoms with Crippen LogP contribution in [0.2, 0.25) is 0 Å². The van der Waals surface area contributed by atoms with Gasteiger partial charge in [-0.2, -0.15) is 0 Å². The van der Waals surface area contributed by atoms with Crippen LogP contribution in [0, 0.1) is 13.8 Å². The summed E-state index contributed by atoms with van der Waals surface area (Å²) >= 11 is 0. The van der Waals surface area contributed by atoms with Crippen LogP contribution in [0.3, 0.4) is 0 Å². The molecule has 0 saturated carbocycles. The molecular formula is C13H12N4. The summed E-state index contributed by atoms with van der Waals surface area (Å²) in [5.74, 6) is 0.768. The van der Waals surface area contributed by atoms with Crippen molar-refractivity contribution in [3.63, 3.8) is 0 Å². The molecule has 0 atom stereocenters. The van der Waals surface area contributed by atoms with E-state index in [0.717, 1.165) is 33.8 Å². The zero-order valence-electron chi connectivity index (χ0n) is 9.73. The second-order valence-electron chi connectivity index (χ2n) is 4.05. The van der Waals surface area contributed by atoms with Gasteiger partial charge in [-0.25, -0.2) is 9.97 Å². The Morgan fingerprint density at radius 3 is 2.82 bits per heavy atom. The van der Waals surface area contributed by atoms with Crippen LogP contribution in [0.1, 0.15) is 11.5 Å². The maximum atomic E-state index is 4.53. The standard InChI is InChI=1S/C13H12N4/c1-8-7-10(3-5-14-8)12-11-4-6-15-13(11)17-9(2)16-12/h3-7H,1-2H3,(H,15,16,17). The van der Waals surface area contributed by atoms with Crippen molar-refractivity contribution in [2.75, 3.05) is 0 Å². The molecular weight excluding hydrogens is 212 g/mol. The number of hydrogen-bond acceptors (Lipinski definition) is 3. The van der Waals surface area contributed by atoms with Gasteiger partial charge in [0.15, 0.2) is 0 Å². The Kier molecular flexibility index (Phi) is 2.14. The van der Waals surface area contributed by atoms with E-state index in [2.05, 4.69) is 19.9 Å². The molecule has 84 valence electrons. The number of aryl methyl sites for hydroxylation is 2. The van der Waals surface area contributed by atoms with Gasteiger partial charge in [0.1, 0.15) is 11.5 Å². The lowest BCUT2D eigenvalue weighted by molar-refractivity contribution is 1.08. The SMILES string of the molecule is Cc1cc(-c2nc(C)nc3[nH]ccc23)ccn1. The fraction of sp³-hybridized carbons (Fsp3) is 0.154. The van der Waals surface area contributed by atoms with E-state index in [-0.39, 0.29) is 0 Å². The van der Waals surface area contributed by atoms with Crippen LogP contribution in [-0.4, -0.2) is 19.9 Å². The van der Waals surface area contributed by atoms with E-state index >= 15 is 0 Å². The van der Waals surface area contributed by atoms with Gasteiger partial charge in [0.2, 0.25) is 0 Å². The minimum atomic E-state index is 0.768. The number of aromatic amines is 1. The molecule has 0 amide bonds. The number of nitrogens with zero attached hydrogens (tertiary/aromatic N) is 3. The van der Waals surface area contributed by atoms with E-state index in [4.69, 9.17) is 0 Å². The summed E-state index contributed by atoms with van der Waals surface area (Å²) < 4.78 is 0. The monoisotopic (exact) mass is 224 g/mol. The van der Waals surface area contributed by atoms with Crippen molar-refractivity contribution < 1.29 is 0 Å². The average Bonchev–Trinajstić information content (AvgIpc) is 2.75. The lowest BCUT2D eigenvalue weighted by Crippen LogP contribution is -1.93. The number of nitrogens with one attached hydrogen (secondary N) is 1. The summed E-state index contributed by atoms with van der Waals surface area (Å²) in [6.45, 7) is 3.88. The normalized spacial score (nSPS) is 10.9. The number of H-pyrrole nitrogens is 1. The predicted molar refractivity (Wildman–Crippen MR) is 66.6 cm³/mol. The molecule has 0 fully saturated rings. The minimum Gasteiger partial charge on any atom is -0.346 e. The second-order valence-corrected chi connectivity index (χ2v) is 4.05. The van der Waals surface area contributed by atoms with E-state index < -0.39 is 0 Å². The first-order valence-corrected chi connectivity index (χ1v) is 5.49. The first kappa shape index (κ1) is 9.96. The fourth-order valence-corrected chi connectivity index (χ4v) is 1.97. The summed E-state index contributed by atoms with van der Waals surface area (Å²) in [7, 11) is 0. The van der Waals surface area contributed by atoms with E-state index in [1.807, 2.05) is 38.2 Å². The van der Waals surface area contributed by atoms with Crippen LogP contribution in [0.15, 0.2) is 30.6 Å². The summed E-state index contributed by atoms with van der Waals surface area (Å²) in [6, 6.07) is 6.01. The smallest absolute Gasteiger partial charge is 0.141 e. The van der Waals surface area contributed by atoms with Gasteiger partial charge in [-0.05, 0) is 32.0 Å². The maximum absolute atomic E-state index is 4.53. The van der Waals surface area contributed by atoms with E-state index in [1.54, 1.807) is 6.20 Å². The molecule has 0 spiro atoms. The molecule has 0 unspecified atom stereocenters. The minimum absolute atomic E-state index is 0.768. The summed E-state index contributed by atoms with van der Waals surface area (Å²) in [5, 5.41) is 1.04. The Morgan fingerprint density at radius 2 is 2.00 bits per heavy atom. The summed E-state index contributed by atoms with van der Waals surface area (Å²) in [5.41, 5.74) is 3.90. The van der Waals surface area contributed by atoms with Crippen LogP contribution in [-0.2, 0) is 0 Å². The maximum Gasteiger partial charge on any atom is 0.141 e. The van der Waals surface area contributed by atoms with Crippen LogP contribution < -0.4 is 0 Å². The highest BCUT2D eigenvalue weighted by molar-refractivity contribution is 5.90. The molecule has 0 aliphatic heterocycles. The molecule has 0 radical (unpaired) electrons. The summed E-state index contributed by atoms with van der Waals surface area (Å²) in [4.78, 5) is 16.2. The topological polar surface area (TPSA) is 54.5 Å². The van der Waals surface area contributed by atoms with Gasteiger partial charge in [-0.3, -0.25) is 4.98 Å². The Hall–Kier alpha value is -2.23. The first-order chi connectivity index (χ1) is 8.24. The molecule has 0 aliphatic rings. The third-order valence-corrected chi connectivity index (χ3v) is 2.70. The highest BCUT2D eigenvalue weighted by Gasteiger charge is 2.08. The number of fused-ring (bicyclic) bond motifs is 1. The van der Waals surface area contributed by atoms with Crippen molar-refractivity contribution in [2.45, 2.75) is 13.8 Å². The van der Waals surface area contributed by atoms with E-state index in [0.29, 0.717) is 0 Å². The van der Waals surface area contributed by atoms with Crippen molar-refractivity contribution in [2.24, 2.45) is 0 Å². The summed E-state index contributed by atoms with van der Waals surface area (Å²) in [6.07, 6.45) is 3.69. The quantitative estimate of drug-likeness (QED) is 0.691. The van der Waals surface area contributed by atoms with Gasteiger partial charge in [0.05, 0.1) is 5.69 Å². The third-order valence-electron chi connectivity index (χ3n) is 2.70. The van der Waals surface area contributed by atoms with Gasteiger partial charge in [-0.1, -0.05) is 0 Å². The van der Waals surface area contributed by atoms with E-state index in [1.165, 1.54) is 0 Å². The van der Waals surface area contributed by atoms with Crippen molar-refractivity contribution >= 4 is 11.0 Å². The van der Waals surface area contributed by atoms with Crippen molar-refractivity contribution in [1.29, 1.82) is 0 Å². The van der Waals surface area contributed by atoms with Gasteiger partial charge >= 0.3 is 0 Å². The number of pyridine rings is 1. The van der Waals surface area contributed by atoms with E-state index in [9.17, 15) is 0 Å². The van der Waals surface area contributed by atoms with Gasteiger partial charge in [0.25, 0.3) is 0 Å². The number of hydrogen-bond donors (Lipinski definition) is 1. The molecule has 1 N–H and O–H groups in total. The molecule has 3 rings (SSSR count). The van der Waals surface area contributed by atoms with Crippen LogP contribution in [0.5, 0.6) is 0 Å².